The van der Waals surface area contributed by atoms with Gasteiger partial charge in [0.25, 0.3) is 0 Å². The molecule has 0 aliphatic heterocycles. The first-order valence-corrected chi connectivity index (χ1v) is 10.3. The molecule has 2 rings (SSSR count). The van der Waals surface area contributed by atoms with Gasteiger partial charge in [0.1, 0.15) is 6.04 Å². The largest absolute Gasteiger partial charge is 0.493 e. The van der Waals surface area contributed by atoms with Crippen LogP contribution in [0.3, 0.4) is 0 Å². The van der Waals surface area contributed by atoms with Gasteiger partial charge < -0.3 is 24.8 Å². The number of hydrogen-bond acceptors (Lipinski definition) is 5. The van der Waals surface area contributed by atoms with Crippen LogP contribution in [-0.4, -0.2) is 38.4 Å². The summed E-state index contributed by atoms with van der Waals surface area (Å²) < 4.78 is 15.9. The van der Waals surface area contributed by atoms with Gasteiger partial charge in [-0.05, 0) is 43.0 Å². The van der Waals surface area contributed by atoms with Crippen molar-refractivity contribution in [2.75, 3.05) is 14.2 Å². The zero-order valence-electron chi connectivity index (χ0n) is 19.0. The second-order valence-electron chi connectivity index (χ2n) is 7.79. The standard InChI is InChI=1S/C24H32N2O5/c1-15(2)21(26-24(28)31-16(3)4)23(27)25-22(17-10-8-7-9-11-17)18-12-13-19(29-5)20(14-18)30-6/h7-16,21-22H,1-6H3,(H,25,27)(H,26,28)/t21-,22?/m0/s1. The maximum Gasteiger partial charge on any atom is 0.408 e. The number of hydrogen-bond donors (Lipinski definition) is 2. The second kappa shape index (κ2) is 11.2. The highest BCUT2D eigenvalue weighted by Crippen LogP contribution is 2.32. The molecule has 7 nitrogen and oxygen atoms in total. The van der Waals surface area contributed by atoms with E-state index >= 15 is 0 Å². The molecule has 168 valence electrons. The summed E-state index contributed by atoms with van der Waals surface area (Å²) in [6.45, 7) is 7.25. The zero-order valence-corrected chi connectivity index (χ0v) is 19.0. The summed E-state index contributed by atoms with van der Waals surface area (Å²) in [7, 11) is 3.14. The Balaban J connectivity index is 2.35. The summed E-state index contributed by atoms with van der Waals surface area (Å²) >= 11 is 0. The molecule has 0 saturated carbocycles. The van der Waals surface area contributed by atoms with Crippen molar-refractivity contribution in [1.82, 2.24) is 10.6 Å². The van der Waals surface area contributed by atoms with E-state index in [0.29, 0.717) is 11.5 Å². The van der Waals surface area contributed by atoms with Crippen molar-refractivity contribution in [2.45, 2.75) is 45.9 Å². The van der Waals surface area contributed by atoms with Crippen molar-refractivity contribution < 1.29 is 23.8 Å². The molecule has 0 fully saturated rings. The summed E-state index contributed by atoms with van der Waals surface area (Å²) in [5.41, 5.74) is 1.72. The van der Waals surface area contributed by atoms with E-state index in [1.165, 1.54) is 0 Å². The van der Waals surface area contributed by atoms with Crippen LogP contribution in [0, 0.1) is 5.92 Å². The lowest BCUT2D eigenvalue weighted by Gasteiger charge is -2.26. The fourth-order valence-electron chi connectivity index (χ4n) is 3.18. The molecule has 0 aromatic heterocycles. The van der Waals surface area contributed by atoms with Crippen LogP contribution < -0.4 is 20.1 Å². The molecular weight excluding hydrogens is 396 g/mol. The van der Waals surface area contributed by atoms with Gasteiger partial charge in [0, 0.05) is 0 Å². The van der Waals surface area contributed by atoms with Crippen molar-refractivity contribution in [1.29, 1.82) is 0 Å². The van der Waals surface area contributed by atoms with E-state index in [-0.39, 0.29) is 17.9 Å². The summed E-state index contributed by atoms with van der Waals surface area (Å²) in [5, 5.41) is 5.75. The third kappa shape index (κ3) is 6.64. The van der Waals surface area contributed by atoms with Crippen LogP contribution in [0.5, 0.6) is 11.5 Å². The van der Waals surface area contributed by atoms with Gasteiger partial charge in [0.2, 0.25) is 5.91 Å². The highest BCUT2D eigenvalue weighted by atomic mass is 16.6. The minimum Gasteiger partial charge on any atom is -0.493 e. The highest BCUT2D eigenvalue weighted by molar-refractivity contribution is 5.86. The molecule has 0 heterocycles. The molecule has 31 heavy (non-hydrogen) atoms. The summed E-state index contributed by atoms with van der Waals surface area (Å²) in [4.78, 5) is 25.3. The van der Waals surface area contributed by atoms with E-state index < -0.39 is 18.2 Å². The molecule has 0 aliphatic carbocycles. The topological polar surface area (TPSA) is 85.9 Å². The van der Waals surface area contributed by atoms with E-state index in [0.717, 1.165) is 11.1 Å². The number of alkyl carbamates (subject to hydrolysis) is 1. The Morgan fingerprint density at radius 1 is 0.806 bits per heavy atom. The van der Waals surface area contributed by atoms with E-state index in [1.54, 1.807) is 34.1 Å². The molecule has 0 saturated heterocycles. The fourth-order valence-corrected chi connectivity index (χ4v) is 3.18. The van der Waals surface area contributed by atoms with Gasteiger partial charge in [-0.1, -0.05) is 50.2 Å². The van der Waals surface area contributed by atoms with Gasteiger partial charge >= 0.3 is 6.09 Å². The van der Waals surface area contributed by atoms with Gasteiger partial charge in [-0.3, -0.25) is 4.79 Å². The lowest BCUT2D eigenvalue weighted by molar-refractivity contribution is -0.124. The van der Waals surface area contributed by atoms with Crippen molar-refractivity contribution in [3.05, 3.63) is 59.7 Å². The number of nitrogens with one attached hydrogen (secondary N) is 2. The zero-order chi connectivity index (χ0) is 23.0. The molecule has 0 bridgehead atoms. The lowest BCUT2D eigenvalue weighted by Crippen LogP contribution is -2.51. The second-order valence-corrected chi connectivity index (χ2v) is 7.79. The summed E-state index contributed by atoms with van der Waals surface area (Å²) in [6.07, 6.45) is -0.897. The molecule has 2 aromatic rings. The third-order valence-corrected chi connectivity index (χ3v) is 4.73. The minimum absolute atomic E-state index is 0.137. The van der Waals surface area contributed by atoms with E-state index in [4.69, 9.17) is 14.2 Å². The van der Waals surface area contributed by atoms with Crippen LogP contribution in [-0.2, 0) is 9.53 Å². The van der Waals surface area contributed by atoms with Crippen LogP contribution in [0.15, 0.2) is 48.5 Å². The summed E-state index contributed by atoms with van der Waals surface area (Å²) in [5.74, 6) is 0.720. The molecule has 2 N–H and O–H groups in total. The number of rotatable bonds is 9. The average molecular weight is 429 g/mol. The first kappa shape index (κ1) is 24.1. The summed E-state index contributed by atoms with van der Waals surface area (Å²) in [6, 6.07) is 13.9. The monoisotopic (exact) mass is 428 g/mol. The van der Waals surface area contributed by atoms with Crippen molar-refractivity contribution in [2.24, 2.45) is 5.92 Å². The number of methoxy groups -OCH3 is 2. The van der Waals surface area contributed by atoms with Crippen LogP contribution in [0.25, 0.3) is 0 Å². The molecule has 1 unspecified atom stereocenters. The first-order chi connectivity index (χ1) is 14.8. The molecule has 2 amide bonds. The highest BCUT2D eigenvalue weighted by Gasteiger charge is 2.28. The normalized spacial score (nSPS) is 12.8. The number of ether oxygens (including phenoxy) is 3. The maximum atomic E-state index is 13.2. The fraction of sp³-hybridized carbons (Fsp3) is 0.417. The van der Waals surface area contributed by atoms with Crippen molar-refractivity contribution >= 4 is 12.0 Å². The molecule has 0 radical (unpaired) electrons. The minimum atomic E-state index is -0.752. The van der Waals surface area contributed by atoms with E-state index in [9.17, 15) is 9.59 Å². The average Bonchev–Trinajstić information content (AvgIpc) is 2.75. The SMILES string of the molecule is COc1ccc(C(NC(=O)[C@@H](NC(=O)OC(C)C)C(C)C)c2ccccc2)cc1OC. The lowest BCUT2D eigenvalue weighted by atomic mass is 9.96. The maximum absolute atomic E-state index is 13.2. The quantitative estimate of drug-likeness (QED) is 0.629. The molecule has 0 aliphatic rings. The molecule has 0 spiro atoms. The van der Waals surface area contributed by atoms with Gasteiger partial charge in [-0.25, -0.2) is 4.79 Å². The molecule has 2 atom stereocenters. The van der Waals surface area contributed by atoms with E-state index in [2.05, 4.69) is 10.6 Å². The van der Waals surface area contributed by atoms with Gasteiger partial charge in [0.15, 0.2) is 11.5 Å². The Kier molecular flexibility index (Phi) is 8.73. The van der Waals surface area contributed by atoms with E-state index in [1.807, 2.05) is 56.3 Å². The van der Waals surface area contributed by atoms with Gasteiger partial charge in [-0.2, -0.15) is 0 Å². The smallest absolute Gasteiger partial charge is 0.408 e. The van der Waals surface area contributed by atoms with Crippen molar-refractivity contribution in [3.8, 4) is 11.5 Å². The van der Waals surface area contributed by atoms with Crippen LogP contribution in [0.2, 0.25) is 0 Å². The van der Waals surface area contributed by atoms with Gasteiger partial charge in [0.05, 0.1) is 26.4 Å². The molecular formula is C24H32N2O5. The predicted molar refractivity (Wildman–Crippen MR) is 119 cm³/mol. The van der Waals surface area contributed by atoms with Crippen LogP contribution in [0.1, 0.15) is 44.9 Å². The molecule has 2 aromatic carbocycles. The van der Waals surface area contributed by atoms with Crippen molar-refractivity contribution in [3.63, 3.8) is 0 Å². The van der Waals surface area contributed by atoms with Gasteiger partial charge in [-0.15, -0.1) is 0 Å². The Hall–Kier alpha value is -3.22. The third-order valence-electron chi connectivity index (χ3n) is 4.73. The first-order valence-electron chi connectivity index (χ1n) is 10.3. The predicted octanol–water partition coefficient (Wildman–Crippen LogP) is 4.07. The Morgan fingerprint density at radius 2 is 1.45 bits per heavy atom. The Morgan fingerprint density at radius 3 is 2.00 bits per heavy atom. The Labute approximate surface area is 184 Å². The number of amides is 2. The molecule has 7 heteroatoms. The Bertz CT molecular complexity index is 868. The number of benzene rings is 2. The number of carbonyl (C=O) groups is 2. The van der Waals surface area contributed by atoms with Crippen LogP contribution in [0.4, 0.5) is 4.79 Å². The van der Waals surface area contributed by atoms with Crippen LogP contribution >= 0.6 is 0 Å². The number of carbonyl (C=O) groups excluding carboxylic acids is 2.